The summed E-state index contributed by atoms with van der Waals surface area (Å²) in [4.78, 5) is 3.84. The molecule has 2 aromatic rings. The highest BCUT2D eigenvalue weighted by Crippen LogP contribution is 2.27. The van der Waals surface area contributed by atoms with Gasteiger partial charge in [-0.05, 0) is 30.7 Å². The third-order valence-corrected chi connectivity index (χ3v) is 2.71. The zero-order valence-corrected chi connectivity index (χ0v) is 10.4. The van der Waals surface area contributed by atoms with E-state index in [4.69, 9.17) is 4.74 Å². The Morgan fingerprint density at radius 3 is 2.78 bits per heavy atom. The lowest BCUT2D eigenvalue weighted by molar-refractivity contribution is 0.416. The first-order valence-electron chi connectivity index (χ1n) is 5.70. The number of benzene rings is 1. The van der Waals surface area contributed by atoms with Gasteiger partial charge in [0, 0.05) is 6.20 Å². The molecule has 0 saturated carbocycles. The highest BCUT2D eigenvalue weighted by molar-refractivity contribution is 5.57. The fourth-order valence-electron chi connectivity index (χ4n) is 1.75. The molecular weight excluding hydrogens is 231 g/mol. The van der Waals surface area contributed by atoms with Gasteiger partial charge in [-0.25, -0.2) is 4.39 Å². The lowest BCUT2D eigenvalue weighted by Crippen LogP contribution is -2.08. The first-order valence-corrected chi connectivity index (χ1v) is 5.70. The standard InChI is InChI=1S/C14H15FN2O/c1-10(11-7-12(15)9-16-8-11)17-13-5-3-4-6-14(13)18-2/h3-10,17H,1-2H3. The van der Waals surface area contributed by atoms with E-state index in [0.717, 1.165) is 17.0 Å². The van der Waals surface area contributed by atoms with E-state index in [9.17, 15) is 4.39 Å². The maximum atomic E-state index is 13.1. The predicted octanol–water partition coefficient (Wildman–Crippen LogP) is 3.40. The van der Waals surface area contributed by atoms with Crippen LogP contribution >= 0.6 is 0 Å². The minimum absolute atomic E-state index is 0.0514. The van der Waals surface area contributed by atoms with E-state index in [-0.39, 0.29) is 11.9 Å². The van der Waals surface area contributed by atoms with Crippen LogP contribution in [0.1, 0.15) is 18.5 Å². The Balaban J connectivity index is 2.18. The molecule has 0 aliphatic heterocycles. The van der Waals surface area contributed by atoms with Crippen molar-refractivity contribution in [1.82, 2.24) is 4.98 Å². The Kier molecular flexibility index (Phi) is 3.77. The van der Waals surface area contributed by atoms with Crippen molar-refractivity contribution in [2.75, 3.05) is 12.4 Å². The molecule has 1 N–H and O–H groups in total. The van der Waals surface area contributed by atoms with Crippen molar-refractivity contribution in [1.29, 1.82) is 0 Å². The van der Waals surface area contributed by atoms with Gasteiger partial charge in [0.05, 0.1) is 25.0 Å². The van der Waals surface area contributed by atoms with Crippen molar-refractivity contribution in [2.24, 2.45) is 0 Å². The second-order valence-electron chi connectivity index (χ2n) is 4.00. The summed E-state index contributed by atoms with van der Waals surface area (Å²) in [5, 5.41) is 3.27. The number of aromatic nitrogens is 1. The Bertz CT molecular complexity index is 531. The van der Waals surface area contributed by atoms with Crippen LogP contribution in [0.4, 0.5) is 10.1 Å². The van der Waals surface area contributed by atoms with Gasteiger partial charge in [-0.3, -0.25) is 4.98 Å². The maximum Gasteiger partial charge on any atom is 0.141 e. The zero-order valence-electron chi connectivity index (χ0n) is 10.4. The molecule has 0 amide bonds. The molecule has 0 aliphatic carbocycles. The molecule has 1 aromatic carbocycles. The number of pyridine rings is 1. The van der Waals surface area contributed by atoms with Crippen molar-refractivity contribution in [3.05, 3.63) is 54.1 Å². The van der Waals surface area contributed by atoms with Crippen molar-refractivity contribution in [3.8, 4) is 5.75 Å². The quantitative estimate of drug-likeness (QED) is 0.897. The molecule has 3 nitrogen and oxygen atoms in total. The van der Waals surface area contributed by atoms with Gasteiger partial charge >= 0.3 is 0 Å². The Hall–Kier alpha value is -2.10. The number of nitrogens with zero attached hydrogens (tertiary/aromatic N) is 1. The first kappa shape index (κ1) is 12.4. The average molecular weight is 246 g/mol. The summed E-state index contributed by atoms with van der Waals surface area (Å²) in [6.07, 6.45) is 2.84. The maximum absolute atomic E-state index is 13.1. The second kappa shape index (κ2) is 5.49. The molecule has 18 heavy (non-hydrogen) atoms. The lowest BCUT2D eigenvalue weighted by atomic mass is 10.1. The fraction of sp³-hybridized carbons (Fsp3) is 0.214. The van der Waals surface area contributed by atoms with Crippen molar-refractivity contribution >= 4 is 5.69 Å². The van der Waals surface area contributed by atoms with E-state index in [0.29, 0.717) is 0 Å². The number of nitrogens with one attached hydrogen (secondary N) is 1. The number of halogens is 1. The molecule has 1 heterocycles. The van der Waals surface area contributed by atoms with E-state index >= 15 is 0 Å². The average Bonchev–Trinajstić information content (AvgIpc) is 2.39. The van der Waals surface area contributed by atoms with Crippen LogP contribution in [0.2, 0.25) is 0 Å². The molecule has 0 radical (unpaired) electrons. The zero-order chi connectivity index (χ0) is 13.0. The third-order valence-electron chi connectivity index (χ3n) is 2.71. The van der Waals surface area contributed by atoms with Crippen LogP contribution in [-0.4, -0.2) is 12.1 Å². The van der Waals surface area contributed by atoms with Crippen molar-refractivity contribution < 1.29 is 9.13 Å². The number of para-hydroxylation sites is 2. The third kappa shape index (κ3) is 2.77. The van der Waals surface area contributed by atoms with Gasteiger partial charge in [-0.15, -0.1) is 0 Å². The van der Waals surface area contributed by atoms with Crippen molar-refractivity contribution in [2.45, 2.75) is 13.0 Å². The molecular formula is C14H15FN2O. The molecule has 94 valence electrons. The Morgan fingerprint density at radius 2 is 2.06 bits per heavy atom. The highest BCUT2D eigenvalue weighted by Gasteiger charge is 2.09. The topological polar surface area (TPSA) is 34.1 Å². The van der Waals surface area contributed by atoms with E-state index in [1.165, 1.54) is 12.3 Å². The Morgan fingerprint density at radius 1 is 1.28 bits per heavy atom. The van der Waals surface area contributed by atoms with Gasteiger partial charge in [-0.2, -0.15) is 0 Å². The Labute approximate surface area is 106 Å². The van der Waals surface area contributed by atoms with Crippen LogP contribution in [0.15, 0.2) is 42.7 Å². The molecule has 0 saturated heterocycles. The number of methoxy groups -OCH3 is 1. The fourth-order valence-corrected chi connectivity index (χ4v) is 1.75. The molecule has 4 heteroatoms. The molecule has 1 unspecified atom stereocenters. The van der Waals surface area contributed by atoms with Crippen LogP contribution in [-0.2, 0) is 0 Å². The SMILES string of the molecule is COc1ccccc1NC(C)c1cncc(F)c1. The predicted molar refractivity (Wildman–Crippen MR) is 69.2 cm³/mol. The minimum atomic E-state index is -0.332. The van der Waals surface area contributed by atoms with E-state index in [2.05, 4.69) is 10.3 Å². The van der Waals surface area contributed by atoms with Crippen LogP contribution in [0.3, 0.4) is 0 Å². The molecule has 0 aliphatic rings. The number of anilines is 1. The highest BCUT2D eigenvalue weighted by atomic mass is 19.1. The molecule has 0 fully saturated rings. The molecule has 1 atom stereocenters. The second-order valence-corrected chi connectivity index (χ2v) is 4.00. The van der Waals surface area contributed by atoms with Gasteiger partial charge < -0.3 is 10.1 Å². The monoisotopic (exact) mass is 246 g/mol. The summed E-state index contributed by atoms with van der Waals surface area (Å²) in [5.41, 5.74) is 1.66. The number of hydrogen-bond acceptors (Lipinski definition) is 3. The van der Waals surface area contributed by atoms with Gasteiger partial charge in [0.2, 0.25) is 0 Å². The first-order chi connectivity index (χ1) is 8.70. The largest absolute Gasteiger partial charge is 0.495 e. The summed E-state index contributed by atoms with van der Waals surface area (Å²) in [7, 11) is 1.62. The van der Waals surface area contributed by atoms with Gasteiger partial charge in [-0.1, -0.05) is 12.1 Å². The summed E-state index contributed by atoms with van der Waals surface area (Å²) in [5.74, 6) is 0.426. The normalized spacial score (nSPS) is 11.9. The number of ether oxygens (including phenoxy) is 1. The molecule has 2 rings (SSSR count). The summed E-state index contributed by atoms with van der Waals surface area (Å²) >= 11 is 0. The number of hydrogen-bond donors (Lipinski definition) is 1. The molecule has 0 spiro atoms. The number of rotatable bonds is 4. The van der Waals surface area contributed by atoms with Crippen molar-refractivity contribution in [3.63, 3.8) is 0 Å². The molecule has 1 aromatic heterocycles. The van der Waals surface area contributed by atoms with Gasteiger partial charge in [0.1, 0.15) is 11.6 Å². The molecule has 0 bridgehead atoms. The summed E-state index contributed by atoms with van der Waals surface area (Å²) in [6.45, 7) is 1.95. The van der Waals surface area contributed by atoms with Crippen LogP contribution in [0, 0.1) is 5.82 Å². The minimum Gasteiger partial charge on any atom is -0.495 e. The van der Waals surface area contributed by atoms with E-state index < -0.39 is 0 Å². The van der Waals surface area contributed by atoms with Crippen LogP contribution in [0.25, 0.3) is 0 Å². The van der Waals surface area contributed by atoms with Gasteiger partial charge in [0.25, 0.3) is 0 Å². The smallest absolute Gasteiger partial charge is 0.141 e. The van der Waals surface area contributed by atoms with Crippen LogP contribution in [0.5, 0.6) is 5.75 Å². The lowest BCUT2D eigenvalue weighted by Gasteiger charge is -2.17. The van der Waals surface area contributed by atoms with Gasteiger partial charge in [0.15, 0.2) is 0 Å². The van der Waals surface area contributed by atoms with E-state index in [1.807, 2.05) is 31.2 Å². The summed E-state index contributed by atoms with van der Waals surface area (Å²) < 4.78 is 18.4. The van der Waals surface area contributed by atoms with E-state index in [1.54, 1.807) is 13.3 Å². The summed E-state index contributed by atoms with van der Waals surface area (Å²) in [6, 6.07) is 9.03. The van der Waals surface area contributed by atoms with Crippen LogP contribution < -0.4 is 10.1 Å².